The van der Waals surface area contributed by atoms with Crippen molar-refractivity contribution in [3.63, 3.8) is 0 Å². The van der Waals surface area contributed by atoms with Crippen LogP contribution in [0.1, 0.15) is 26.7 Å². The Balaban J connectivity index is 4.13. The van der Waals surface area contributed by atoms with Crippen molar-refractivity contribution in [1.29, 1.82) is 0 Å². The van der Waals surface area contributed by atoms with E-state index in [1.54, 1.807) is 13.8 Å². The summed E-state index contributed by atoms with van der Waals surface area (Å²) in [6.45, 7) is 3.41. The molecule has 0 rings (SSSR count). The van der Waals surface area contributed by atoms with Crippen LogP contribution in [0.4, 0.5) is 0 Å². The Hall–Kier alpha value is 0.220. The van der Waals surface area contributed by atoms with E-state index < -0.39 is 8.16 Å². The average molecular weight is 347 g/mol. The van der Waals surface area contributed by atoms with E-state index in [1.807, 2.05) is 10.9 Å². The number of hydrogen-bond donors (Lipinski definition) is 6. The molecule has 0 aliphatic carbocycles. The molecule has 0 aromatic rings. The molecule has 0 aliphatic heterocycles. The van der Waals surface area contributed by atoms with E-state index in [0.29, 0.717) is 0 Å². The predicted octanol–water partition coefficient (Wildman–Crippen LogP) is 0.351. The third kappa shape index (κ3) is 9.71. The summed E-state index contributed by atoms with van der Waals surface area (Å²) in [4.78, 5) is 22.3. The number of hydrazine groups is 2. The number of thiol groups is 2. The van der Waals surface area contributed by atoms with Gasteiger partial charge < -0.3 is 0 Å². The van der Waals surface area contributed by atoms with Gasteiger partial charge in [-0.05, 0) is 13.8 Å². The lowest BCUT2D eigenvalue weighted by atomic mass is 10.3. The van der Waals surface area contributed by atoms with Crippen LogP contribution < -0.4 is 22.5 Å². The smallest absolute Gasteiger partial charge is 0.236 e. The van der Waals surface area contributed by atoms with Crippen LogP contribution in [0.25, 0.3) is 0 Å². The quantitative estimate of drug-likeness (QED) is 0.0937. The molecule has 2 amide bonds. The lowest BCUT2D eigenvalue weighted by Gasteiger charge is -2.24. The number of carbonyl (C=O) groups excluding carboxylic acids is 2. The summed E-state index contributed by atoms with van der Waals surface area (Å²) in [5.74, 6) is 9.28. The minimum Gasteiger partial charge on any atom is -0.294 e. The van der Waals surface area contributed by atoms with Gasteiger partial charge in [0.25, 0.3) is 0 Å². The normalized spacial score (nSPS) is 17.2. The molecular weight excluding hydrogens is 328 g/mol. The number of nitrogens with one attached hydrogen (secondary N) is 2. The van der Waals surface area contributed by atoms with Crippen molar-refractivity contribution in [2.45, 2.75) is 34.8 Å². The van der Waals surface area contributed by atoms with Gasteiger partial charge in [-0.3, -0.25) is 20.4 Å². The number of hydrogen-bond acceptors (Lipinski definition) is 9. The largest absolute Gasteiger partial charge is 0.294 e. The molecule has 11 heteroatoms. The highest BCUT2D eigenvalue weighted by molar-refractivity contribution is 8.18. The summed E-state index contributed by atoms with van der Waals surface area (Å²) in [7, 11) is 0. The molecule has 0 aromatic heterocycles. The fraction of sp³-hybridized carbons (Fsp3) is 0.750. The highest BCUT2D eigenvalue weighted by Gasteiger charge is 2.29. The monoisotopic (exact) mass is 346 g/mol. The highest BCUT2D eigenvalue weighted by Crippen LogP contribution is 2.42. The van der Waals surface area contributed by atoms with Gasteiger partial charge in [0.05, 0.1) is 21.0 Å². The van der Waals surface area contributed by atoms with Gasteiger partial charge in [0.1, 0.15) is 0 Å². The molecule has 6 N–H and O–H groups in total. The summed E-state index contributed by atoms with van der Waals surface area (Å²) in [5.41, 5.74) is 4.03. The average Bonchev–Trinajstić information content (AvgIpc) is 2.26. The first-order valence-electron chi connectivity index (χ1n) is 5.09. The first-order chi connectivity index (χ1) is 8.62. The zero-order valence-corrected chi connectivity index (χ0v) is 13.9. The van der Waals surface area contributed by atoms with Crippen LogP contribution in [-0.4, -0.2) is 20.0 Å². The lowest BCUT2D eigenvalue weighted by molar-refractivity contribution is -0.122. The van der Waals surface area contributed by atoms with Crippen molar-refractivity contribution < 1.29 is 13.2 Å². The van der Waals surface area contributed by atoms with Crippen molar-refractivity contribution >= 4 is 61.2 Å². The van der Waals surface area contributed by atoms with Crippen molar-refractivity contribution in [2.75, 3.05) is 0 Å². The molecule has 0 spiro atoms. The maximum absolute atomic E-state index is 11.1. The van der Waals surface area contributed by atoms with Crippen LogP contribution in [0.5, 0.6) is 0 Å². The van der Waals surface area contributed by atoms with Gasteiger partial charge >= 0.3 is 0 Å². The van der Waals surface area contributed by atoms with Crippen LogP contribution in [0.3, 0.4) is 0 Å². The molecule has 112 valence electrons. The van der Waals surface area contributed by atoms with Crippen molar-refractivity contribution in [3.05, 3.63) is 0 Å². The molecule has 2 atom stereocenters. The second kappa shape index (κ2) is 8.49. The van der Waals surface area contributed by atoms with E-state index in [2.05, 4.69) is 25.3 Å². The maximum atomic E-state index is 11.1. The first-order valence-corrected chi connectivity index (χ1v) is 7.47. The summed E-state index contributed by atoms with van der Waals surface area (Å²) in [5, 5.41) is 0. The molecule has 0 radical (unpaired) electrons. The van der Waals surface area contributed by atoms with Gasteiger partial charge in [-0.1, -0.05) is 0 Å². The third-order valence-corrected chi connectivity index (χ3v) is 4.04. The first kappa shape index (κ1) is 19.2. The van der Waals surface area contributed by atoms with Crippen molar-refractivity contribution in [1.82, 2.24) is 10.9 Å². The Kier molecular flexibility index (Phi) is 8.59. The minimum atomic E-state index is -0.754. The molecule has 19 heavy (non-hydrogen) atoms. The summed E-state index contributed by atoms with van der Waals surface area (Å²) >= 11 is 10.5. The number of carbonyl (C=O) groups is 2. The van der Waals surface area contributed by atoms with Gasteiger partial charge in [0.2, 0.25) is 11.8 Å². The maximum Gasteiger partial charge on any atom is 0.236 e. The molecule has 0 bridgehead atoms. The van der Waals surface area contributed by atoms with Gasteiger partial charge in [-0.2, -0.15) is 25.3 Å². The molecule has 0 aromatic carbocycles. The van der Waals surface area contributed by atoms with Crippen LogP contribution in [-0.2, 0) is 13.2 Å². The predicted molar refractivity (Wildman–Crippen MR) is 84.9 cm³/mol. The van der Waals surface area contributed by atoms with Gasteiger partial charge in [-0.15, -0.1) is 0 Å². The van der Waals surface area contributed by atoms with Gasteiger partial charge in [0.15, 0.2) is 0 Å². The molecule has 2 unspecified atom stereocenters. The standard InChI is InChI=1S/C8H18N4O3S4/c1-7(16,3-5(13)11-9)18-15-19-8(2,17)4-6(14)12-10/h16-17H,3-4,9-10H2,1-2H3,(H,11,13)(H,12,14). The van der Waals surface area contributed by atoms with E-state index in [0.717, 1.165) is 24.1 Å². The Labute approximate surface area is 131 Å². The molecule has 7 nitrogen and oxygen atoms in total. The van der Waals surface area contributed by atoms with Gasteiger partial charge in [0, 0.05) is 24.1 Å². The molecule has 0 fully saturated rings. The van der Waals surface area contributed by atoms with Gasteiger partial charge in [-0.25, -0.2) is 15.3 Å². The Morgan fingerprint density at radius 1 is 1.05 bits per heavy atom. The molecule has 0 aliphatic rings. The topological polar surface area (TPSA) is 119 Å². The summed E-state index contributed by atoms with van der Waals surface area (Å²) in [6.07, 6.45) is 0.148. The summed E-state index contributed by atoms with van der Waals surface area (Å²) < 4.78 is 3.79. The minimum absolute atomic E-state index is 0.0738. The van der Waals surface area contributed by atoms with E-state index in [1.165, 1.54) is 0 Å². The molecular formula is C8H18N4O3S4. The van der Waals surface area contributed by atoms with E-state index >= 15 is 0 Å². The van der Waals surface area contributed by atoms with Crippen LogP contribution in [0.15, 0.2) is 0 Å². The Morgan fingerprint density at radius 2 is 1.37 bits per heavy atom. The van der Waals surface area contributed by atoms with E-state index in [4.69, 9.17) is 15.3 Å². The second-order valence-electron chi connectivity index (χ2n) is 4.07. The van der Waals surface area contributed by atoms with Crippen LogP contribution >= 0.6 is 49.3 Å². The zero-order chi connectivity index (χ0) is 15.1. The third-order valence-electron chi connectivity index (χ3n) is 1.73. The second-order valence-corrected chi connectivity index (χ2v) is 9.33. The highest BCUT2D eigenvalue weighted by atomic mass is 32.3. The lowest BCUT2D eigenvalue weighted by Crippen LogP contribution is -2.34. The van der Waals surface area contributed by atoms with Crippen molar-refractivity contribution in [3.8, 4) is 0 Å². The van der Waals surface area contributed by atoms with E-state index in [-0.39, 0.29) is 24.7 Å². The molecule has 0 saturated heterocycles. The fourth-order valence-electron chi connectivity index (χ4n) is 0.920. The van der Waals surface area contributed by atoms with Crippen LogP contribution in [0.2, 0.25) is 0 Å². The number of rotatable bonds is 8. The van der Waals surface area contributed by atoms with E-state index in [9.17, 15) is 9.59 Å². The Bertz CT molecular complexity index is 297. The van der Waals surface area contributed by atoms with Crippen molar-refractivity contribution in [2.24, 2.45) is 11.7 Å². The summed E-state index contributed by atoms with van der Waals surface area (Å²) in [6, 6.07) is 0. The number of amides is 2. The molecule has 0 saturated carbocycles. The fourth-order valence-corrected chi connectivity index (χ4v) is 3.44. The number of nitrogens with two attached hydrogens (primary N) is 2. The zero-order valence-electron chi connectivity index (χ0n) is 10.5. The van der Waals surface area contributed by atoms with Crippen LogP contribution in [0, 0.1) is 0 Å². The molecule has 0 heterocycles. The Morgan fingerprint density at radius 3 is 1.63 bits per heavy atom. The SMILES string of the molecule is CC(S)(CC(=O)NN)SOSC(C)(S)CC(=O)NN.